The third-order valence-corrected chi connectivity index (χ3v) is 7.82. The molecule has 1 amide bonds. The van der Waals surface area contributed by atoms with Gasteiger partial charge in [0, 0.05) is 43.9 Å². The number of carbonyl (C=O) groups is 1. The van der Waals surface area contributed by atoms with Crippen LogP contribution < -0.4 is 10.6 Å². The number of carbonyl (C=O) groups excluding carboxylic acids is 1. The molecule has 2 N–H and O–H groups in total. The van der Waals surface area contributed by atoms with Crippen LogP contribution in [0.2, 0.25) is 5.02 Å². The van der Waals surface area contributed by atoms with E-state index in [9.17, 15) is 4.79 Å². The van der Waals surface area contributed by atoms with Gasteiger partial charge in [-0.3, -0.25) is 4.79 Å². The van der Waals surface area contributed by atoms with Gasteiger partial charge in [-0.25, -0.2) is 0 Å². The van der Waals surface area contributed by atoms with Gasteiger partial charge in [0.2, 0.25) is 0 Å². The fraction of sp³-hybridized carbons (Fsp3) is 0.148. The van der Waals surface area contributed by atoms with Gasteiger partial charge in [-0.2, -0.15) is 0 Å². The van der Waals surface area contributed by atoms with E-state index in [2.05, 4.69) is 80.5 Å². The summed E-state index contributed by atoms with van der Waals surface area (Å²) in [6, 6.07) is 22.4. The van der Waals surface area contributed by atoms with Crippen molar-refractivity contribution in [3.8, 4) is 0 Å². The molecule has 0 bridgehead atoms. The number of fused-ring (bicyclic) bond motifs is 1. The van der Waals surface area contributed by atoms with Crippen LogP contribution in [0.1, 0.15) is 22.4 Å². The van der Waals surface area contributed by atoms with Gasteiger partial charge in [0.05, 0.1) is 4.91 Å². The second-order valence-electron chi connectivity index (χ2n) is 8.31. The zero-order valence-electron chi connectivity index (χ0n) is 18.7. The first-order valence-corrected chi connectivity index (χ1v) is 13.0. The Kier molecular flexibility index (Phi) is 6.47. The van der Waals surface area contributed by atoms with Crippen molar-refractivity contribution < 1.29 is 4.79 Å². The molecule has 1 aliphatic rings. The summed E-state index contributed by atoms with van der Waals surface area (Å²) in [7, 11) is 0. The fourth-order valence-electron chi connectivity index (χ4n) is 4.20. The second-order valence-corrected chi connectivity index (χ2v) is 10.8. The summed E-state index contributed by atoms with van der Waals surface area (Å²) >= 11 is 11.2. The molecule has 1 unspecified atom stereocenters. The summed E-state index contributed by atoms with van der Waals surface area (Å²) in [6.45, 7) is 4.90. The third kappa shape index (κ3) is 4.63. The molecule has 5 rings (SSSR count). The average molecular weight is 553 g/mol. The van der Waals surface area contributed by atoms with Gasteiger partial charge in [0.15, 0.2) is 5.50 Å². The zero-order chi connectivity index (χ0) is 23.8. The molecule has 0 saturated carbocycles. The molecule has 3 aromatic carbocycles. The lowest BCUT2D eigenvalue weighted by Gasteiger charge is -2.15. The van der Waals surface area contributed by atoms with Crippen LogP contribution in [0.15, 0.2) is 76.1 Å². The Balaban J connectivity index is 1.46. The van der Waals surface area contributed by atoms with Gasteiger partial charge in [0.1, 0.15) is 0 Å². The van der Waals surface area contributed by atoms with E-state index < -0.39 is 0 Å². The molecular formula is C27H23BrClN3OS. The first-order valence-electron chi connectivity index (χ1n) is 10.9. The van der Waals surface area contributed by atoms with Crippen molar-refractivity contribution in [2.24, 2.45) is 0 Å². The monoisotopic (exact) mass is 551 g/mol. The number of benzene rings is 3. The Morgan fingerprint density at radius 2 is 1.88 bits per heavy atom. The zero-order valence-corrected chi connectivity index (χ0v) is 21.9. The average Bonchev–Trinajstić information content (AvgIpc) is 3.29. The van der Waals surface area contributed by atoms with Crippen LogP contribution in [0.5, 0.6) is 0 Å². The van der Waals surface area contributed by atoms with E-state index in [0.29, 0.717) is 9.93 Å². The predicted molar refractivity (Wildman–Crippen MR) is 147 cm³/mol. The summed E-state index contributed by atoms with van der Waals surface area (Å²) in [5, 5.41) is 8.21. The van der Waals surface area contributed by atoms with E-state index in [-0.39, 0.29) is 11.4 Å². The van der Waals surface area contributed by atoms with Crippen LogP contribution in [0, 0.1) is 13.8 Å². The van der Waals surface area contributed by atoms with Crippen molar-refractivity contribution in [3.05, 3.63) is 104 Å². The lowest BCUT2D eigenvalue weighted by atomic mass is 10.1. The topological polar surface area (TPSA) is 46.1 Å². The summed E-state index contributed by atoms with van der Waals surface area (Å²) < 4.78 is 3.38. The predicted octanol–water partition coefficient (Wildman–Crippen LogP) is 7.32. The van der Waals surface area contributed by atoms with Gasteiger partial charge in [0.25, 0.3) is 5.91 Å². The Morgan fingerprint density at radius 1 is 1.12 bits per heavy atom. The molecule has 4 nitrogen and oxygen atoms in total. The van der Waals surface area contributed by atoms with Crippen molar-refractivity contribution >= 4 is 67.9 Å². The molecule has 1 fully saturated rings. The number of para-hydroxylation sites is 1. The largest absolute Gasteiger partial charge is 0.356 e. The molecule has 2 heterocycles. The summed E-state index contributed by atoms with van der Waals surface area (Å²) in [4.78, 5) is 13.5. The Morgan fingerprint density at radius 3 is 2.68 bits per heavy atom. The SMILES string of the molecule is Cc1ccc(Cl)cc1NC1NC(=O)/C(=C/c2c(C)n(Cc3ccc(Br)cc3)c3ccccc23)S1. The summed E-state index contributed by atoms with van der Waals surface area (Å²) in [5.41, 5.74) is 6.31. The van der Waals surface area contributed by atoms with Crippen molar-refractivity contribution in [3.63, 3.8) is 0 Å². The maximum Gasteiger partial charge on any atom is 0.260 e. The lowest BCUT2D eigenvalue weighted by molar-refractivity contribution is -0.116. The van der Waals surface area contributed by atoms with Crippen LogP contribution in [0.3, 0.4) is 0 Å². The maximum atomic E-state index is 12.8. The van der Waals surface area contributed by atoms with Crippen LogP contribution in [-0.4, -0.2) is 16.0 Å². The minimum absolute atomic E-state index is 0.0775. The molecule has 1 aromatic heterocycles. The summed E-state index contributed by atoms with van der Waals surface area (Å²) in [6.07, 6.45) is 2.02. The highest BCUT2D eigenvalue weighted by atomic mass is 79.9. The number of rotatable bonds is 5. The number of halogens is 2. The highest BCUT2D eigenvalue weighted by Crippen LogP contribution is 2.35. The minimum Gasteiger partial charge on any atom is -0.356 e. The number of aryl methyl sites for hydroxylation is 1. The Labute approximate surface area is 216 Å². The van der Waals surface area contributed by atoms with Crippen molar-refractivity contribution in [2.45, 2.75) is 25.9 Å². The molecule has 172 valence electrons. The minimum atomic E-state index is -0.257. The Bertz CT molecular complexity index is 1430. The molecule has 4 aromatic rings. The first kappa shape index (κ1) is 23.1. The van der Waals surface area contributed by atoms with Crippen molar-refractivity contribution in [1.29, 1.82) is 0 Å². The third-order valence-electron chi connectivity index (χ3n) is 6.03. The number of hydrogen-bond donors (Lipinski definition) is 2. The number of nitrogens with zero attached hydrogens (tertiary/aromatic N) is 1. The molecular weight excluding hydrogens is 530 g/mol. The molecule has 7 heteroatoms. The van der Waals surface area contributed by atoms with Crippen molar-refractivity contribution in [1.82, 2.24) is 9.88 Å². The maximum absolute atomic E-state index is 12.8. The molecule has 0 radical (unpaired) electrons. The second kappa shape index (κ2) is 9.53. The molecule has 1 aliphatic heterocycles. The molecule has 1 saturated heterocycles. The van der Waals surface area contributed by atoms with Gasteiger partial charge in [-0.05, 0) is 61.4 Å². The number of nitrogens with one attached hydrogen (secondary N) is 2. The number of thioether (sulfide) groups is 1. The fourth-order valence-corrected chi connectivity index (χ4v) is 5.60. The Hall–Kier alpha value is -2.67. The highest BCUT2D eigenvalue weighted by molar-refractivity contribution is 9.10. The number of amides is 1. The van der Waals surface area contributed by atoms with E-state index in [0.717, 1.165) is 44.4 Å². The normalized spacial score (nSPS) is 16.9. The molecule has 0 spiro atoms. The van der Waals surface area contributed by atoms with Gasteiger partial charge >= 0.3 is 0 Å². The smallest absolute Gasteiger partial charge is 0.260 e. The number of anilines is 1. The van der Waals surface area contributed by atoms with Gasteiger partial charge in [-0.1, -0.05) is 75.7 Å². The van der Waals surface area contributed by atoms with Crippen LogP contribution in [0.25, 0.3) is 17.0 Å². The van der Waals surface area contributed by atoms with Crippen LogP contribution >= 0.6 is 39.3 Å². The molecule has 1 atom stereocenters. The van der Waals surface area contributed by atoms with Crippen LogP contribution in [0.4, 0.5) is 5.69 Å². The van der Waals surface area contributed by atoms with E-state index in [4.69, 9.17) is 11.6 Å². The quantitative estimate of drug-likeness (QED) is 0.255. The number of hydrogen-bond acceptors (Lipinski definition) is 3. The lowest BCUT2D eigenvalue weighted by Crippen LogP contribution is -2.31. The van der Waals surface area contributed by atoms with E-state index in [1.54, 1.807) is 0 Å². The molecule has 0 aliphatic carbocycles. The van der Waals surface area contributed by atoms with Crippen LogP contribution in [-0.2, 0) is 11.3 Å². The standard InChI is InChI=1S/C27H23BrClN3OS/c1-16-7-12-20(29)13-23(16)30-27-31-26(33)25(34-27)14-22-17(2)32(24-6-4-3-5-21(22)24)15-18-8-10-19(28)11-9-18/h3-14,27,30H,15H2,1-2H3,(H,31,33)/b25-14-. The highest BCUT2D eigenvalue weighted by Gasteiger charge is 2.28. The van der Waals surface area contributed by atoms with Gasteiger partial charge in [-0.15, -0.1) is 0 Å². The van der Waals surface area contributed by atoms with E-state index >= 15 is 0 Å². The van der Waals surface area contributed by atoms with Gasteiger partial charge < -0.3 is 15.2 Å². The van der Waals surface area contributed by atoms with Crippen molar-refractivity contribution in [2.75, 3.05) is 5.32 Å². The van der Waals surface area contributed by atoms with E-state index in [1.807, 2.05) is 37.3 Å². The van der Waals surface area contributed by atoms with E-state index in [1.165, 1.54) is 17.3 Å². The number of aromatic nitrogens is 1. The summed E-state index contributed by atoms with van der Waals surface area (Å²) in [5.74, 6) is -0.0775. The molecule has 34 heavy (non-hydrogen) atoms. The first-order chi connectivity index (χ1) is 16.4.